The maximum Gasteiger partial charge on any atom is 0.270 e. The van der Waals surface area contributed by atoms with Crippen molar-refractivity contribution >= 4 is 28.6 Å². The van der Waals surface area contributed by atoms with E-state index in [1.165, 1.54) is 22.7 Å². The number of aromatic nitrogens is 1. The highest BCUT2D eigenvalue weighted by Gasteiger charge is 2.24. The molecule has 2 aromatic heterocycles. The molecule has 1 atom stereocenters. The summed E-state index contributed by atoms with van der Waals surface area (Å²) < 4.78 is 4.96. The SMILES string of the molecule is COCc1nc(C(=O)NCC(C)(O)c2ccsc2)cs1. The van der Waals surface area contributed by atoms with Crippen molar-refractivity contribution in [1.82, 2.24) is 10.3 Å². The van der Waals surface area contributed by atoms with Crippen LogP contribution in [0, 0.1) is 0 Å². The number of hydrogen-bond acceptors (Lipinski definition) is 6. The molecule has 0 aromatic carbocycles. The molecule has 2 aromatic rings. The van der Waals surface area contributed by atoms with Crippen molar-refractivity contribution in [2.45, 2.75) is 19.1 Å². The van der Waals surface area contributed by atoms with Gasteiger partial charge in [0.1, 0.15) is 16.3 Å². The molecule has 2 N–H and O–H groups in total. The largest absolute Gasteiger partial charge is 0.384 e. The van der Waals surface area contributed by atoms with E-state index in [0.29, 0.717) is 12.3 Å². The number of ether oxygens (including phenoxy) is 1. The summed E-state index contributed by atoms with van der Waals surface area (Å²) in [6.07, 6.45) is 0. The predicted octanol–water partition coefficient (Wildman–Crippen LogP) is 1.99. The Balaban J connectivity index is 1.94. The standard InChI is InChI=1S/C13H16N2O3S2/c1-13(17,9-3-4-19-6-9)8-14-12(16)10-7-20-11(15-10)5-18-2/h3-4,6-7,17H,5,8H2,1-2H3,(H,14,16). The van der Waals surface area contributed by atoms with E-state index >= 15 is 0 Å². The molecule has 108 valence electrons. The first-order chi connectivity index (χ1) is 9.53. The molecule has 0 saturated heterocycles. The number of carbonyl (C=O) groups is 1. The molecular formula is C13H16N2O3S2. The van der Waals surface area contributed by atoms with Crippen molar-refractivity contribution in [3.8, 4) is 0 Å². The topological polar surface area (TPSA) is 71.5 Å². The van der Waals surface area contributed by atoms with Gasteiger partial charge in [0, 0.05) is 12.5 Å². The van der Waals surface area contributed by atoms with E-state index < -0.39 is 5.60 Å². The van der Waals surface area contributed by atoms with Crippen LogP contribution in [0.1, 0.15) is 28.0 Å². The van der Waals surface area contributed by atoms with Gasteiger partial charge in [-0.2, -0.15) is 11.3 Å². The quantitative estimate of drug-likeness (QED) is 0.856. The molecular weight excluding hydrogens is 296 g/mol. The summed E-state index contributed by atoms with van der Waals surface area (Å²) in [5, 5.41) is 19.2. The van der Waals surface area contributed by atoms with Gasteiger partial charge in [-0.1, -0.05) is 0 Å². The molecule has 0 saturated carbocycles. The molecule has 1 amide bonds. The summed E-state index contributed by atoms with van der Waals surface area (Å²) >= 11 is 2.88. The fourth-order valence-electron chi connectivity index (χ4n) is 1.62. The molecule has 0 aliphatic rings. The lowest BCUT2D eigenvalue weighted by Gasteiger charge is -2.22. The van der Waals surface area contributed by atoms with Crippen molar-refractivity contribution in [2.75, 3.05) is 13.7 Å². The molecule has 20 heavy (non-hydrogen) atoms. The van der Waals surface area contributed by atoms with Gasteiger partial charge in [-0.15, -0.1) is 11.3 Å². The fourth-order valence-corrected chi connectivity index (χ4v) is 3.15. The number of thiophene rings is 1. The third-order valence-corrected chi connectivity index (χ3v) is 4.29. The zero-order valence-corrected chi connectivity index (χ0v) is 12.9. The molecule has 0 aliphatic carbocycles. The lowest BCUT2D eigenvalue weighted by Crippen LogP contribution is -2.38. The molecule has 0 radical (unpaired) electrons. The first kappa shape index (κ1) is 15.1. The Kier molecular flexibility index (Phi) is 4.87. The molecule has 7 heteroatoms. The van der Waals surface area contributed by atoms with E-state index in [9.17, 15) is 9.90 Å². The van der Waals surface area contributed by atoms with Crippen LogP contribution in [0.2, 0.25) is 0 Å². The number of carbonyl (C=O) groups excluding carboxylic acids is 1. The van der Waals surface area contributed by atoms with E-state index in [0.717, 1.165) is 10.6 Å². The Hall–Kier alpha value is -1.28. The summed E-state index contributed by atoms with van der Waals surface area (Å²) in [5.74, 6) is -0.292. The van der Waals surface area contributed by atoms with Gasteiger partial charge in [-0.05, 0) is 29.3 Å². The summed E-state index contributed by atoms with van der Waals surface area (Å²) in [5.41, 5.74) is 0.0606. The van der Waals surface area contributed by atoms with Gasteiger partial charge in [-0.3, -0.25) is 4.79 Å². The second-order valence-electron chi connectivity index (χ2n) is 4.53. The van der Waals surface area contributed by atoms with Crippen LogP contribution in [0.15, 0.2) is 22.2 Å². The third kappa shape index (κ3) is 3.63. The minimum atomic E-state index is -1.08. The lowest BCUT2D eigenvalue weighted by molar-refractivity contribution is 0.0528. The summed E-state index contributed by atoms with van der Waals surface area (Å²) in [4.78, 5) is 16.1. The molecule has 0 fully saturated rings. The smallest absolute Gasteiger partial charge is 0.270 e. The maximum absolute atomic E-state index is 12.0. The highest BCUT2D eigenvalue weighted by Crippen LogP contribution is 2.22. The zero-order chi connectivity index (χ0) is 14.6. The van der Waals surface area contributed by atoms with E-state index in [1.807, 2.05) is 16.8 Å². The van der Waals surface area contributed by atoms with Gasteiger partial charge < -0.3 is 15.2 Å². The Morgan fingerprint density at radius 1 is 1.55 bits per heavy atom. The normalized spacial score (nSPS) is 13.9. The van der Waals surface area contributed by atoms with Crippen LogP contribution in [0.4, 0.5) is 0 Å². The van der Waals surface area contributed by atoms with Crippen molar-refractivity contribution in [3.05, 3.63) is 38.5 Å². The second-order valence-corrected chi connectivity index (χ2v) is 6.25. The number of nitrogens with zero attached hydrogens (tertiary/aromatic N) is 1. The van der Waals surface area contributed by atoms with Crippen LogP contribution in [0.5, 0.6) is 0 Å². The van der Waals surface area contributed by atoms with Crippen molar-refractivity contribution in [1.29, 1.82) is 0 Å². The number of thiazole rings is 1. The van der Waals surface area contributed by atoms with Gasteiger partial charge in [0.2, 0.25) is 0 Å². The van der Waals surface area contributed by atoms with Crippen LogP contribution in [-0.2, 0) is 16.9 Å². The second kappa shape index (κ2) is 6.45. The number of methoxy groups -OCH3 is 1. The molecule has 0 bridgehead atoms. The van der Waals surface area contributed by atoms with Gasteiger partial charge in [-0.25, -0.2) is 4.98 Å². The van der Waals surface area contributed by atoms with Gasteiger partial charge >= 0.3 is 0 Å². The van der Waals surface area contributed by atoms with Crippen molar-refractivity contribution in [3.63, 3.8) is 0 Å². The van der Waals surface area contributed by atoms with E-state index in [-0.39, 0.29) is 12.5 Å². The average molecular weight is 312 g/mol. The van der Waals surface area contributed by atoms with Crippen molar-refractivity contribution in [2.24, 2.45) is 0 Å². The Bertz CT molecular complexity index is 564. The average Bonchev–Trinajstić information content (AvgIpc) is 3.07. The molecule has 2 heterocycles. The number of nitrogens with one attached hydrogen (secondary N) is 1. The van der Waals surface area contributed by atoms with Crippen LogP contribution in [0.25, 0.3) is 0 Å². The third-order valence-electron chi connectivity index (χ3n) is 2.79. The Morgan fingerprint density at radius 3 is 3.00 bits per heavy atom. The van der Waals surface area contributed by atoms with E-state index in [4.69, 9.17) is 4.74 Å². The monoisotopic (exact) mass is 312 g/mol. The van der Waals surface area contributed by atoms with Crippen LogP contribution < -0.4 is 5.32 Å². The number of rotatable bonds is 6. The molecule has 0 aliphatic heterocycles. The van der Waals surface area contributed by atoms with Crippen molar-refractivity contribution < 1.29 is 14.6 Å². The highest BCUT2D eigenvalue weighted by molar-refractivity contribution is 7.09. The van der Waals surface area contributed by atoms with Crippen LogP contribution in [0.3, 0.4) is 0 Å². The number of hydrogen-bond donors (Lipinski definition) is 2. The van der Waals surface area contributed by atoms with Gasteiger partial charge in [0.05, 0.1) is 13.2 Å². The molecule has 0 spiro atoms. The minimum absolute atomic E-state index is 0.139. The lowest BCUT2D eigenvalue weighted by atomic mass is 9.99. The maximum atomic E-state index is 12.0. The highest BCUT2D eigenvalue weighted by atomic mass is 32.1. The first-order valence-corrected chi connectivity index (χ1v) is 7.82. The van der Waals surface area contributed by atoms with E-state index in [1.54, 1.807) is 19.4 Å². The minimum Gasteiger partial charge on any atom is -0.384 e. The molecule has 2 rings (SSSR count). The summed E-state index contributed by atoms with van der Waals surface area (Å²) in [6.45, 7) is 2.21. The Labute approximate surface area is 125 Å². The fraction of sp³-hybridized carbons (Fsp3) is 0.385. The summed E-state index contributed by atoms with van der Waals surface area (Å²) in [6, 6.07) is 1.84. The summed E-state index contributed by atoms with van der Waals surface area (Å²) in [7, 11) is 1.58. The Morgan fingerprint density at radius 2 is 2.35 bits per heavy atom. The predicted molar refractivity (Wildman–Crippen MR) is 79.1 cm³/mol. The zero-order valence-electron chi connectivity index (χ0n) is 11.3. The van der Waals surface area contributed by atoms with E-state index in [2.05, 4.69) is 10.3 Å². The van der Waals surface area contributed by atoms with Gasteiger partial charge in [0.25, 0.3) is 5.91 Å². The number of aliphatic hydroxyl groups is 1. The van der Waals surface area contributed by atoms with Crippen LogP contribution >= 0.6 is 22.7 Å². The molecule has 5 nitrogen and oxygen atoms in total. The van der Waals surface area contributed by atoms with Gasteiger partial charge in [0.15, 0.2) is 0 Å². The molecule has 1 unspecified atom stereocenters. The number of amides is 1. The first-order valence-electron chi connectivity index (χ1n) is 5.99. The van der Waals surface area contributed by atoms with Crippen LogP contribution in [-0.4, -0.2) is 29.7 Å².